The van der Waals surface area contributed by atoms with E-state index in [1.54, 1.807) is 17.6 Å². The van der Waals surface area contributed by atoms with E-state index in [1.165, 1.54) is 0 Å². The number of furan rings is 1. The Labute approximate surface area is 111 Å². The zero-order chi connectivity index (χ0) is 13.0. The highest BCUT2D eigenvalue weighted by Crippen LogP contribution is 2.23. The van der Waals surface area contributed by atoms with Gasteiger partial charge in [-0.2, -0.15) is 0 Å². The van der Waals surface area contributed by atoms with Crippen LogP contribution in [-0.4, -0.2) is 11.1 Å². The lowest BCUT2D eigenvalue weighted by molar-refractivity contribution is 0.157. The summed E-state index contributed by atoms with van der Waals surface area (Å²) in [7, 11) is 0. The molecule has 2 atom stereocenters. The first-order chi connectivity index (χ1) is 8.66. The molecule has 4 heteroatoms. The summed E-state index contributed by atoms with van der Waals surface area (Å²) in [6.45, 7) is 4.82. The van der Waals surface area contributed by atoms with Crippen molar-refractivity contribution in [2.24, 2.45) is 0 Å². The number of hydrogen-bond donors (Lipinski definition) is 2. The molecule has 0 aliphatic carbocycles. The average Bonchev–Trinajstić information content (AvgIpc) is 2.97. The topological polar surface area (TPSA) is 45.4 Å². The molecule has 0 bridgehead atoms. The molecule has 2 aromatic heterocycles. The minimum absolute atomic E-state index is 0.242. The van der Waals surface area contributed by atoms with Gasteiger partial charge in [-0.15, -0.1) is 11.3 Å². The van der Waals surface area contributed by atoms with E-state index in [1.807, 2.05) is 30.5 Å². The van der Waals surface area contributed by atoms with Crippen LogP contribution in [0.2, 0.25) is 0 Å². The Morgan fingerprint density at radius 1 is 1.44 bits per heavy atom. The largest absolute Gasteiger partial charge is 0.468 e. The lowest BCUT2D eigenvalue weighted by Gasteiger charge is -2.16. The van der Waals surface area contributed by atoms with Gasteiger partial charge >= 0.3 is 0 Å². The molecule has 2 aromatic rings. The van der Waals surface area contributed by atoms with Crippen LogP contribution in [0.1, 0.15) is 35.6 Å². The molecule has 3 nitrogen and oxygen atoms in total. The predicted molar refractivity (Wildman–Crippen MR) is 73.6 cm³/mol. The molecule has 2 unspecified atom stereocenters. The highest BCUT2D eigenvalue weighted by molar-refractivity contribution is 7.10. The quantitative estimate of drug-likeness (QED) is 0.842. The highest BCUT2D eigenvalue weighted by atomic mass is 32.1. The zero-order valence-electron chi connectivity index (χ0n) is 10.7. The number of nitrogens with one attached hydrogen (secondary N) is 1. The fraction of sp³-hybridized carbons (Fsp3) is 0.429. The van der Waals surface area contributed by atoms with Crippen LogP contribution in [0.15, 0.2) is 34.3 Å². The van der Waals surface area contributed by atoms with Crippen LogP contribution in [0.5, 0.6) is 0 Å². The standard InChI is InChI=1S/C14H19NO2S/c1-10-5-6-17-13(10)9-15-11(2)8-12(16)14-4-3-7-18-14/h3-7,11-12,15-16H,8-9H2,1-2H3. The second-order valence-electron chi connectivity index (χ2n) is 4.58. The third-order valence-corrected chi connectivity index (χ3v) is 4.00. The third-order valence-electron chi connectivity index (χ3n) is 3.03. The summed E-state index contributed by atoms with van der Waals surface area (Å²) in [5.74, 6) is 0.965. The van der Waals surface area contributed by atoms with E-state index in [2.05, 4.69) is 12.2 Å². The molecule has 98 valence electrons. The predicted octanol–water partition coefficient (Wildman–Crippen LogP) is 3.25. The maximum absolute atomic E-state index is 10.0. The van der Waals surface area contributed by atoms with Gasteiger partial charge in [-0.1, -0.05) is 6.07 Å². The second kappa shape index (κ2) is 6.18. The Bertz CT molecular complexity index is 464. The van der Waals surface area contributed by atoms with Gasteiger partial charge in [-0.25, -0.2) is 0 Å². The number of thiophene rings is 1. The van der Waals surface area contributed by atoms with Crippen molar-refractivity contribution in [3.8, 4) is 0 Å². The Balaban J connectivity index is 1.79. The molecule has 0 saturated heterocycles. The summed E-state index contributed by atoms with van der Waals surface area (Å²) in [6.07, 6.45) is 2.03. The Kier molecular flexibility index (Phi) is 4.58. The van der Waals surface area contributed by atoms with Crippen LogP contribution in [0.25, 0.3) is 0 Å². The van der Waals surface area contributed by atoms with E-state index < -0.39 is 0 Å². The first kappa shape index (κ1) is 13.3. The minimum atomic E-state index is -0.384. The lowest BCUT2D eigenvalue weighted by Crippen LogP contribution is -2.27. The number of aliphatic hydroxyl groups excluding tert-OH is 1. The van der Waals surface area contributed by atoms with Crippen molar-refractivity contribution in [3.63, 3.8) is 0 Å². The van der Waals surface area contributed by atoms with Gasteiger partial charge in [0.2, 0.25) is 0 Å². The molecule has 18 heavy (non-hydrogen) atoms. The SMILES string of the molecule is Cc1ccoc1CNC(C)CC(O)c1cccs1. The summed E-state index contributed by atoms with van der Waals surface area (Å²) in [5.41, 5.74) is 1.16. The summed E-state index contributed by atoms with van der Waals surface area (Å²) >= 11 is 1.60. The van der Waals surface area contributed by atoms with E-state index in [-0.39, 0.29) is 12.1 Å². The van der Waals surface area contributed by atoms with Gasteiger partial charge in [0, 0.05) is 10.9 Å². The lowest BCUT2D eigenvalue weighted by atomic mass is 10.1. The van der Waals surface area contributed by atoms with Crippen molar-refractivity contribution in [1.29, 1.82) is 0 Å². The molecule has 2 rings (SSSR count). The maximum Gasteiger partial charge on any atom is 0.120 e. The molecule has 0 amide bonds. The van der Waals surface area contributed by atoms with Crippen molar-refractivity contribution in [2.75, 3.05) is 0 Å². The first-order valence-corrected chi connectivity index (χ1v) is 7.02. The number of hydrogen-bond acceptors (Lipinski definition) is 4. The molecule has 0 fully saturated rings. The molecule has 2 N–H and O–H groups in total. The van der Waals surface area contributed by atoms with Gasteiger partial charge in [0.25, 0.3) is 0 Å². The molecule has 0 aliphatic rings. The zero-order valence-corrected chi connectivity index (χ0v) is 11.5. The Hall–Kier alpha value is -1.10. The van der Waals surface area contributed by atoms with E-state index >= 15 is 0 Å². The smallest absolute Gasteiger partial charge is 0.120 e. The van der Waals surface area contributed by atoms with Gasteiger partial charge < -0.3 is 14.8 Å². The summed E-state index contributed by atoms with van der Waals surface area (Å²) < 4.78 is 5.37. The van der Waals surface area contributed by atoms with Crippen LogP contribution in [0.4, 0.5) is 0 Å². The van der Waals surface area contributed by atoms with Crippen LogP contribution in [-0.2, 0) is 6.54 Å². The van der Waals surface area contributed by atoms with E-state index in [9.17, 15) is 5.11 Å². The van der Waals surface area contributed by atoms with Crippen LogP contribution in [0, 0.1) is 6.92 Å². The Morgan fingerprint density at radius 3 is 2.89 bits per heavy atom. The number of aliphatic hydroxyl groups is 1. The fourth-order valence-corrected chi connectivity index (χ4v) is 2.59. The second-order valence-corrected chi connectivity index (χ2v) is 5.55. The number of rotatable bonds is 6. The number of aryl methyl sites for hydroxylation is 1. The first-order valence-electron chi connectivity index (χ1n) is 6.14. The minimum Gasteiger partial charge on any atom is -0.468 e. The van der Waals surface area contributed by atoms with E-state index in [0.29, 0.717) is 13.0 Å². The average molecular weight is 265 g/mol. The fourth-order valence-electron chi connectivity index (χ4n) is 1.87. The molecule has 0 spiro atoms. The van der Waals surface area contributed by atoms with Gasteiger partial charge in [0.05, 0.1) is 18.9 Å². The normalized spacial score (nSPS) is 14.6. The van der Waals surface area contributed by atoms with Gasteiger partial charge in [0.15, 0.2) is 0 Å². The summed E-state index contributed by atoms with van der Waals surface area (Å²) in [5, 5.41) is 15.4. The van der Waals surface area contributed by atoms with Gasteiger partial charge in [-0.05, 0) is 43.3 Å². The molecule has 2 heterocycles. The van der Waals surface area contributed by atoms with Gasteiger partial charge in [-0.3, -0.25) is 0 Å². The molecule has 0 radical (unpaired) electrons. The van der Waals surface area contributed by atoms with Crippen LogP contribution < -0.4 is 5.32 Å². The third kappa shape index (κ3) is 3.45. The Morgan fingerprint density at radius 2 is 2.28 bits per heavy atom. The molecule has 0 aliphatic heterocycles. The summed E-state index contributed by atoms with van der Waals surface area (Å²) in [6, 6.07) is 6.14. The molecular weight excluding hydrogens is 246 g/mol. The molecular formula is C14H19NO2S. The van der Waals surface area contributed by atoms with Crippen molar-refractivity contribution < 1.29 is 9.52 Å². The molecule has 0 aromatic carbocycles. The monoisotopic (exact) mass is 265 g/mol. The van der Waals surface area contributed by atoms with Crippen LogP contribution >= 0.6 is 11.3 Å². The highest BCUT2D eigenvalue weighted by Gasteiger charge is 2.13. The van der Waals surface area contributed by atoms with Crippen molar-refractivity contribution in [2.45, 2.75) is 39.0 Å². The summed E-state index contributed by atoms with van der Waals surface area (Å²) in [4.78, 5) is 1.03. The van der Waals surface area contributed by atoms with Crippen LogP contribution in [0.3, 0.4) is 0 Å². The molecule has 0 saturated carbocycles. The van der Waals surface area contributed by atoms with Crippen molar-refractivity contribution >= 4 is 11.3 Å². The van der Waals surface area contributed by atoms with Crippen molar-refractivity contribution in [1.82, 2.24) is 5.32 Å². The van der Waals surface area contributed by atoms with Gasteiger partial charge in [0.1, 0.15) is 5.76 Å². The van der Waals surface area contributed by atoms with E-state index in [0.717, 1.165) is 16.2 Å². The van der Waals surface area contributed by atoms with E-state index in [4.69, 9.17) is 4.42 Å². The maximum atomic E-state index is 10.0. The van der Waals surface area contributed by atoms with Crippen molar-refractivity contribution in [3.05, 3.63) is 46.0 Å².